The Bertz CT molecular complexity index is 417. The number of rotatable bonds is 3. The third kappa shape index (κ3) is 3.03. The van der Waals surface area contributed by atoms with Crippen LogP contribution in [0, 0.1) is 13.8 Å². The van der Waals surface area contributed by atoms with E-state index in [1.165, 1.54) is 16.7 Å². The lowest BCUT2D eigenvalue weighted by Gasteiger charge is -2.31. The lowest BCUT2D eigenvalue weighted by Crippen LogP contribution is -2.50. The minimum Gasteiger partial charge on any atom is -0.496 e. The van der Waals surface area contributed by atoms with Gasteiger partial charge in [-0.3, -0.25) is 0 Å². The van der Waals surface area contributed by atoms with Crippen molar-refractivity contribution in [2.24, 2.45) is 0 Å². The fourth-order valence-electron chi connectivity index (χ4n) is 2.68. The monoisotopic (exact) mass is 248 g/mol. The average Bonchev–Trinajstić information content (AvgIpc) is 2.33. The molecule has 1 aliphatic rings. The Balaban J connectivity index is 2.11. The van der Waals surface area contributed by atoms with E-state index in [4.69, 9.17) is 4.74 Å². The van der Waals surface area contributed by atoms with Gasteiger partial charge in [0.2, 0.25) is 0 Å². The molecular formula is C15H24N2O. The number of nitrogens with zero attached hydrogens (tertiary/aromatic N) is 1. The molecule has 1 aromatic carbocycles. The summed E-state index contributed by atoms with van der Waals surface area (Å²) in [5, 5.41) is 3.60. The van der Waals surface area contributed by atoms with E-state index in [9.17, 15) is 0 Å². The number of hydrogen-bond acceptors (Lipinski definition) is 3. The van der Waals surface area contributed by atoms with E-state index >= 15 is 0 Å². The molecular weight excluding hydrogens is 224 g/mol. The molecule has 0 aromatic heterocycles. The summed E-state index contributed by atoms with van der Waals surface area (Å²) in [4.78, 5) is 2.40. The number of aryl methyl sites for hydroxylation is 2. The number of methoxy groups -OCH3 is 1. The quantitative estimate of drug-likeness (QED) is 0.882. The summed E-state index contributed by atoms with van der Waals surface area (Å²) in [5.74, 6) is 0.991. The second kappa shape index (κ2) is 5.72. The highest BCUT2D eigenvalue weighted by atomic mass is 16.5. The van der Waals surface area contributed by atoms with Crippen LogP contribution < -0.4 is 10.1 Å². The zero-order chi connectivity index (χ0) is 13.1. The van der Waals surface area contributed by atoms with Crippen LogP contribution in [0.1, 0.15) is 16.7 Å². The zero-order valence-electron chi connectivity index (χ0n) is 11.9. The van der Waals surface area contributed by atoms with E-state index in [2.05, 4.69) is 43.2 Å². The molecule has 1 atom stereocenters. The maximum absolute atomic E-state index is 5.36. The third-order valence-corrected chi connectivity index (χ3v) is 3.78. The molecule has 18 heavy (non-hydrogen) atoms. The number of hydrogen-bond donors (Lipinski definition) is 1. The molecule has 1 N–H and O–H groups in total. The van der Waals surface area contributed by atoms with E-state index in [0.717, 1.165) is 31.8 Å². The van der Waals surface area contributed by atoms with Crippen molar-refractivity contribution < 1.29 is 4.74 Å². The predicted octanol–water partition coefficient (Wildman–Crippen LogP) is 1.76. The summed E-state index contributed by atoms with van der Waals surface area (Å²) in [7, 11) is 3.93. The van der Waals surface area contributed by atoms with Crippen molar-refractivity contribution in [3.05, 3.63) is 28.8 Å². The summed E-state index contributed by atoms with van der Waals surface area (Å²) in [6.45, 7) is 7.66. The van der Waals surface area contributed by atoms with Gasteiger partial charge < -0.3 is 15.0 Å². The molecule has 1 unspecified atom stereocenters. The van der Waals surface area contributed by atoms with Crippen molar-refractivity contribution >= 4 is 0 Å². The Morgan fingerprint density at radius 2 is 2.11 bits per heavy atom. The van der Waals surface area contributed by atoms with Crippen LogP contribution in [0.2, 0.25) is 0 Å². The number of nitrogens with one attached hydrogen (secondary N) is 1. The zero-order valence-corrected chi connectivity index (χ0v) is 11.9. The van der Waals surface area contributed by atoms with Gasteiger partial charge in [-0.25, -0.2) is 0 Å². The highest BCUT2D eigenvalue weighted by Gasteiger charge is 2.17. The fraction of sp³-hybridized carbons (Fsp3) is 0.600. The van der Waals surface area contributed by atoms with Crippen LogP contribution in [0.15, 0.2) is 12.1 Å². The lowest BCUT2D eigenvalue weighted by atomic mass is 9.97. The van der Waals surface area contributed by atoms with Crippen LogP contribution in [-0.4, -0.2) is 44.7 Å². The highest BCUT2D eigenvalue weighted by molar-refractivity contribution is 5.41. The number of likely N-dealkylation sites (N-methyl/N-ethyl adjacent to an activating group) is 1. The number of benzene rings is 1. The Kier molecular flexibility index (Phi) is 4.25. The molecule has 1 heterocycles. The first-order chi connectivity index (χ1) is 8.60. The van der Waals surface area contributed by atoms with Crippen molar-refractivity contribution in [3.8, 4) is 5.75 Å². The SMILES string of the molecule is COc1cc(C)c(CC2CN(C)CCN2)cc1C. The van der Waals surface area contributed by atoms with Gasteiger partial charge in [-0.1, -0.05) is 6.07 Å². The number of ether oxygens (including phenoxy) is 1. The molecule has 1 saturated heterocycles. The Labute approximate surface area is 110 Å². The molecule has 0 radical (unpaired) electrons. The summed E-state index contributed by atoms with van der Waals surface area (Å²) in [6.07, 6.45) is 1.10. The molecule has 100 valence electrons. The van der Waals surface area contributed by atoms with Gasteiger partial charge >= 0.3 is 0 Å². The van der Waals surface area contributed by atoms with Crippen LogP contribution in [0.5, 0.6) is 5.75 Å². The van der Waals surface area contributed by atoms with E-state index in [1.54, 1.807) is 7.11 Å². The molecule has 0 saturated carbocycles. The van der Waals surface area contributed by atoms with E-state index < -0.39 is 0 Å². The summed E-state index contributed by atoms with van der Waals surface area (Å²) < 4.78 is 5.36. The van der Waals surface area contributed by atoms with E-state index in [1.807, 2.05) is 0 Å². The van der Waals surface area contributed by atoms with Crippen molar-refractivity contribution in [2.75, 3.05) is 33.8 Å². The molecule has 0 aliphatic carbocycles. The standard InChI is InChI=1S/C15H24N2O/c1-11-8-15(18-4)12(2)7-13(11)9-14-10-17(3)6-5-16-14/h7-8,14,16H,5-6,9-10H2,1-4H3. The van der Waals surface area contributed by atoms with Crippen LogP contribution in [0.4, 0.5) is 0 Å². The van der Waals surface area contributed by atoms with Crippen molar-refractivity contribution in [1.29, 1.82) is 0 Å². The van der Waals surface area contributed by atoms with Crippen molar-refractivity contribution in [3.63, 3.8) is 0 Å². The van der Waals surface area contributed by atoms with Crippen LogP contribution in [0.3, 0.4) is 0 Å². The summed E-state index contributed by atoms with van der Waals surface area (Å²) in [5.41, 5.74) is 3.98. The highest BCUT2D eigenvalue weighted by Crippen LogP contribution is 2.23. The van der Waals surface area contributed by atoms with Gasteiger partial charge in [0.15, 0.2) is 0 Å². The summed E-state index contributed by atoms with van der Waals surface area (Å²) >= 11 is 0. The normalized spacial score (nSPS) is 21.0. The molecule has 2 rings (SSSR count). The minimum atomic E-state index is 0.565. The molecule has 3 heteroatoms. The first-order valence-corrected chi connectivity index (χ1v) is 6.66. The van der Waals surface area contributed by atoms with Gasteiger partial charge in [0.1, 0.15) is 5.75 Å². The van der Waals surface area contributed by atoms with Crippen molar-refractivity contribution in [2.45, 2.75) is 26.3 Å². The van der Waals surface area contributed by atoms with Crippen LogP contribution in [-0.2, 0) is 6.42 Å². The Hall–Kier alpha value is -1.06. The Morgan fingerprint density at radius 3 is 2.78 bits per heavy atom. The van der Waals surface area contributed by atoms with Crippen LogP contribution in [0.25, 0.3) is 0 Å². The molecule has 0 bridgehead atoms. The molecule has 0 spiro atoms. The largest absolute Gasteiger partial charge is 0.496 e. The molecule has 1 aromatic rings. The smallest absolute Gasteiger partial charge is 0.122 e. The van der Waals surface area contributed by atoms with Gasteiger partial charge in [0, 0.05) is 25.7 Å². The van der Waals surface area contributed by atoms with Crippen LogP contribution >= 0.6 is 0 Å². The number of piperazine rings is 1. The maximum Gasteiger partial charge on any atom is 0.122 e. The first kappa shape index (κ1) is 13.4. The van der Waals surface area contributed by atoms with Gasteiger partial charge in [0.25, 0.3) is 0 Å². The van der Waals surface area contributed by atoms with Gasteiger partial charge in [-0.05, 0) is 50.1 Å². The summed E-state index contributed by atoms with van der Waals surface area (Å²) in [6, 6.07) is 4.98. The third-order valence-electron chi connectivity index (χ3n) is 3.78. The average molecular weight is 248 g/mol. The van der Waals surface area contributed by atoms with Crippen molar-refractivity contribution in [1.82, 2.24) is 10.2 Å². The van der Waals surface area contributed by atoms with Gasteiger partial charge in [-0.15, -0.1) is 0 Å². The van der Waals surface area contributed by atoms with Gasteiger partial charge in [-0.2, -0.15) is 0 Å². The fourth-order valence-corrected chi connectivity index (χ4v) is 2.68. The minimum absolute atomic E-state index is 0.565. The Morgan fingerprint density at radius 1 is 1.33 bits per heavy atom. The topological polar surface area (TPSA) is 24.5 Å². The lowest BCUT2D eigenvalue weighted by molar-refractivity contribution is 0.238. The maximum atomic E-state index is 5.36. The predicted molar refractivity (Wildman–Crippen MR) is 75.5 cm³/mol. The molecule has 3 nitrogen and oxygen atoms in total. The van der Waals surface area contributed by atoms with Gasteiger partial charge in [0.05, 0.1) is 7.11 Å². The molecule has 1 aliphatic heterocycles. The molecule has 0 amide bonds. The second-order valence-corrected chi connectivity index (χ2v) is 5.37. The second-order valence-electron chi connectivity index (χ2n) is 5.37. The van der Waals surface area contributed by atoms with E-state index in [-0.39, 0.29) is 0 Å². The first-order valence-electron chi connectivity index (χ1n) is 6.66. The van der Waals surface area contributed by atoms with E-state index in [0.29, 0.717) is 6.04 Å². The molecule has 1 fully saturated rings.